The predicted octanol–water partition coefficient (Wildman–Crippen LogP) is 0.727. The van der Waals surface area contributed by atoms with Gasteiger partial charge in [-0.1, -0.05) is 18.2 Å². The highest BCUT2D eigenvalue weighted by Gasteiger charge is 2.12. The summed E-state index contributed by atoms with van der Waals surface area (Å²) in [4.78, 5) is 29.1. The number of carbonyl (C=O) groups excluding carboxylic acids is 1. The van der Waals surface area contributed by atoms with Crippen LogP contribution in [0.25, 0.3) is 0 Å². The lowest BCUT2D eigenvalue weighted by Crippen LogP contribution is -2.18. The van der Waals surface area contributed by atoms with E-state index in [4.69, 9.17) is 19.8 Å². The summed E-state index contributed by atoms with van der Waals surface area (Å²) in [7, 11) is 0. The van der Waals surface area contributed by atoms with Crippen molar-refractivity contribution in [2.24, 2.45) is 0 Å². The van der Waals surface area contributed by atoms with Gasteiger partial charge < -0.3 is 15.5 Å². The number of aliphatic carboxylic acids is 2. The molecule has 0 aromatic heterocycles. The van der Waals surface area contributed by atoms with Crippen LogP contribution in [-0.2, 0) is 20.8 Å². The van der Waals surface area contributed by atoms with E-state index in [1.165, 1.54) is 5.56 Å². The van der Waals surface area contributed by atoms with Crippen LogP contribution in [0.5, 0.6) is 0 Å². The molecular formula is C11H11NO5. The molecule has 1 aromatic carbocycles. The SMILES string of the molecule is O=C(O)C(=O)O.O=C1CCc2ccccc2N1. The number of para-hydroxylation sites is 1. The third kappa shape index (κ3) is 3.94. The van der Waals surface area contributed by atoms with Crippen LogP contribution in [0, 0.1) is 0 Å². The Labute approximate surface area is 96.9 Å². The second-order valence-electron chi connectivity index (χ2n) is 3.32. The van der Waals surface area contributed by atoms with Crippen molar-refractivity contribution in [3.63, 3.8) is 0 Å². The molecule has 1 aliphatic rings. The summed E-state index contributed by atoms with van der Waals surface area (Å²) >= 11 is 0. The van der Waals surface area contributed by atoms with Gasteiger partial charge in [0, 0.05) is 12.1 Å². The van der Waals surface area contributed by atoms with Crippen molar-refractivity contribution in [2.75, 3.05) is 5.32 Å². The van der Waals surface area contributed by atoms with Crippen molar-refractivity contribution in [1.82, 2.24) is 0 Å². The molecule has 17 heavy (non-hydrogen) atoms. The molecule has 0 saturated heterocycles. The molecule has 0 bridgehead atoms. The fourth-order valence-corrected chi connectivity index (χ4v) is 1.32. The van der Waals surface area contributed by atoms with E-state index < -0.39 is 11.9 Å². The zero-order chi connectivity index (χ0) is 12.8. The molecule has 2 rings (SSSR count). The Bertz CT molecular complexity index is 443. The van der Waals surface area contributed by atoms with Gasteiger partial charge in [-0.3, -0.25) is 4.79 Å². The Hall–Kier alpha value is -2.37. The maximum atomic E-state index is 10.9. The quantitative estimate of drug-likeness (QED) is 0.577. The third-order valence-electron chi connectivity index (χ3n) is 2.10. The minimum Gasteiger partial charge on any atom is -0.473 e. The maximum Gasteiger partial charge on any atom is 0.414 e. The largest absolute Gasteiger partial charge is 0.473 e. The number of carbonyl (C=O) groups is 3. The number of nitrogens with one attached hydrogen (secondary N) is 1. The molecule has 0 aliphatic carbocycles. The molecular weight excluding hydrogens is 226 g/mol. The Kier molecular flexibility index (Phi) is 4.21. The first kappa shape index (κ1) is 12.7. The van der Waals surface area contributed by atoms with Crippen LogP contribution in [-0.4, -0.2) is 28.1 Å². The molecule has 0 radical (unpaired) electrons. The lowest BCUT2D eigenvalue weighted by molar-refractivity contribution is -0.159. The summed E-state index contributed by atoms with van der Waals surface area (Å²) in [6.45, 7) is 0. The summed E-state index contributed by atoms with van der Waals surface area (Å²) in [6, 6.07) is 7.92. The van der Waals surface area contributed by atoms with Crippen LogP contribution in [0.2, 0.25) is 0 Å². The Morgan fingerprint density at radius 2 is 1.65 bits per heavy atom. The van der Waals surface area contributed by atoms with Gasteiger partial charge in [-0.05, 0) is 18.1 Å². The number of rotatable bonds is 0. The first-order valence-electron chi connectivity index (χ1n) is 4.84. The van der Waals surface area contributed by atoms with Gasteiger partial charge in [0.05, 0.1) is 0 Å². The Morgan fingerprint density at radius 1 is 1.06 bits per heavy atom. The summed E-state index contributed by atoms with van der Waals surface area (Å²) in [5.41, 5.74) is 2.22. The summed E-state index contributed by atoms with van der Waals surface area (Å²) < 4.78 is 0. The van der Waals surface area contributed by atoms with E-state index in [0.717, 1.165) is 12.1 Å². The summed E-state index contributed by atoms with van der Waals surface area (Å²) in [6.07, 6.45) is 1.50. The van der Waals surface area contributed by atoms with E-state index in [1.54, 1.807) is 0 Å². The molecule has 1 aromatic rings. The van der Waals surface area contributed by atoms with E-state index in [2.05, 4.69) is 11.4 Å². The van der Waals surface area contributed by atoms with E-state index >= 15 is 0 Å². The van der Waals surface area contributed by atoms with Gasteiger partial charge in [0.15, 0.2) is 0 Å². The number of carboxylic acids is 2. The van der Waals surface area contributed by atoms with E-state index in [9.17, 15) is 4.79 Å². The maximum absolute atomic E-state index is 10.9. The molecule has 0 fully saturated rings. The van der Waals surface area contributed by atoms with Gasteiger partial charge in [-0.2, -0.15) is 0 Å². The van der Waals surface area contributed by atoms with Gasteiger partial charge in [0.1, 0.15) is 0 Å². The number of fused-ring (bicyclic) bond motifs is 1. The van der Waals surface area contributed by atoms with Crippen molar-refractivity contribution >= 4 is 23.5 Å². The van der Waals surface area contributed by atoms with E-state index in [0.29, 0.717) is 6.42 Å². The van der Waals surface area contributed by atoms with Gasteiger partial charge in [-0.15, -0.1) is 0 Å². The first-order chi connectivity index (χ1) is 8.00. The predicted molar refractivity (Wildman–Crippen MR) is 58.7 cm³/mol. The van der Waals surface area contributed by atoms with Crippen molar-refractivity contribution in [2.45, 2.75) is 12.8 Å². The Morgan fingerprint density at radius 3 is 2.24 bits per heavy atom. The lowest BCUT2D eigenvalue weighted by Gasteiger charge is -2.15. The Balaban J connectivity index is 0.000000209. The smallest absolute Gasteiger partial charge is 0.414 e. The van der Waals surface area contributed by atoms with Crippen LogP contribution in [0.15, 0.2) is 24.3 Å². The van der Waals surface area contributed by atoms with Crippen molar-refractivity contribution in [1.29, 1.82) is 0 Å². The molecule has 90 valence electrons. The monoisotopic (exact) mass is 237 g/mol. The highest BCUT2D eigenvalue weighted by atomic mass is 16.4. The number of hydrogen-bond acceptors (Lipinski definition) is 3. The highest BCUT2D eigenvalue weighted by molar-refractivity contribution is 6.27. The summed E-state index contributed by atoms with van der Waals surface area (Å²) in [5.74, 6) is -3.52. The molecule has 1 aliphatic heterocycles. The second-order valence-corrected chi connectivity index (χ2v) is 3.32. The van der Waals surface area contributed by atoms with Crippen molar-refractivity contribution in [3.8, 4) is 0 Å². The van der Waals surface area contributed by atoms with Gasteiger partial charge in [0.25, 0.3) is 0 Å². The zero-order valence-electron chi connectivity index (χ0n) is 8.84. The van der Waals surface area contributed by atoms with Crippen LogP contribution in [0.3, 0.4) is 0 Å². The van der Waals surface area contributed by atoms with Crippen LogP contribution < -0.4 is 5.32 Å². The normalized spacial score (nSPS) is 12.6. The highest BCUT2D eigenvalue weighted by Crippen LogP contribution is 2.20. The average molecular weight is 237 g/mol. The zero-order valence-corrected chi connectivity index (χ0v) is 8.84. The minimum atomic E-state index is -1.82. The standard InChI is InChI=1S/C9H9NO.C2H2O4/c11-9-6-5-7-3-1-2-4-8(7)10-9;3-1(4)2(5)6/h1-4H,5-6H2,(H,10,11);(H,3,4)(H,5,6). The van der Waals surface area contributed by atoms with Gasteiger partial charge in [0.2, 0.25) is 5.91 Å². The minimum absolute atomic E-state index is 0.128. The molecule has 0 saturated carbocycles. The average Bonchev–Trinajstić information content (AvgIpc) is 2.29. The fraction of sp³-hybridized carbons (Fsp3) is 0.182. The molecule has 6 nitrogen and oxygen atoms in total. The lowest BCUT2D eigenvalue weighted by atomic mass is 10.0. The topological polar surface area (TPSA) is 104 Å². The first-order valence-corrected chi connectivity index (χ1v) is 4.84. The number of anilines is 1. The fourth-order valence-electron chi connectivity index (χ4n) is 1.32. The number of benzene rings is 1. The molecule has 0 unspecified atom stereocenters. The second kappa shape index (κ2) is 5.64. The summed E-state index contributed by atoms with van der Waals surface area (Å²) in [5, 5.41) is 17.6. The number of carboxylic acid groups (broad SMARTS) is 2. The van der Waals surface area contributed by atoms with Gasteiger partial charge >= 0.3 is 11.9 Å². The van der Waals surface area contributed by atoms with Crippen LogP contribution in [0.4, 0.5) is 5.69 Å². The molecule has 6 heteroatoms. The van der Waals surface area contributed by atoms with Crippen molar-refractivity contribution in [3.05, 3.63) is 29.8 Å². The van der Waals surface area contributed by atoms with E-state index in [1.807, 2.05) is 18.2 Å². The van der Waals surface area contributed by atoms with Gasteiger partial charge in [-0.25, -0.2) is 9.59 Å². The number of amides is 1. The molecule has 1 heterocycles. The van der Waals surface area contributed by atoms with Crippen LogP contribution in [0.1, 0.15) is 12.0 Å². The van der Waals surface area contributed by atoms with E-state index in [-0.39, 0.29) is 5.91 Å². The molecule has 0 spiro atoms. The number of aryl methyl sites for hydroxylation is 1. The number of hydrogen-bond donors (Lipinski definition) is 3. The van der Waals surface area contributed by atoms with Crippen molar-refractivity contribution < 1.29 is 24.6 Å². The third-order valence-corrected chi connectivity index (χ3v) is 2.10. The van der Waals surface area contributed by atoms with Crippen LogP contribution >= 0.6 is 0 Å². The molecule has 3 N–H and O–H groups in total. The molecule has 1 amide bonds. The molecule has 0 atom stereocenters.